The molecule has 0 aliphatic heterocycles. The number of hydrogen-bond acceptors (Lipinski definition) is 2. The number of hydrogen-bond donors (Lipinski definition) is 2. The fourth-order valence-corrected chi connectivity index (χ4v) is 1.60. The Bertz CT molecular complexity index is 453. The summed E-state index contributed by atoms with van der Waals surface area (Å²) in [5.41, 5.74) is 6.87. The zero-order valence-electron chi connectivity index (χ0n) is 13.6. The van der Waals surface area contributed by atoms with Crippen LogP contribution in [0.3, 0.4) is 0 Å². The van der Waals surface area contributed by atoms with Crippen LogP contribution in [-0.2, 0) is 6.54 Å². The Labute approximate surface area is 145 Å². The van der Waals surface area contributed by atoms with Crippen molar-refractivity contribution in [3.63, 3.8) is 0 Å². The normalized spacial score (nSPS) is 12.0. The van der Waals surface area contributed by atoms with Gasteiger partial charge >= 0.3 is 0 Å². The second-order valence-corrected chi connectivity index (χ2v) is 6.43. The van der Waals surface area contributed by atoms with Crippen molar-refractivity contribution in [3.05, 3.63) is 29.8 Å². The molecular formula is C16H28IN3O. The highest BCUT2D eigenvalue weighted by Crippen LogP contribution is 2.15. The van der Waals surface area contributed by atoms with Crippen LogP contribution in [0.5, 0.6) is 5.75 Å². The minimum absolute atomic E-state index is 0. The molecule has 0 amide bonds. The second-order valence-electron chi connectivity index (χ2n) is 6.43. The van der Waals surface area contributed by atoms with E-state index in [9.17, 15) is 0 Å². The number of rotatable bonds is 5. The van der Waals surface area contributed by atoms with Gasteiger partial charge in [-0.3, -0.25) is 0 Å². The van der Waals surface area contributed by atoms with Gasteiger partial charge in [0.15, 0.2) is 5.96 Å². The molecule has 0 fully saturated rings. The minimum atomic E-state index is -0.0736. The van der Waals surface area contributed by atoms with Crippen LogP contribution >= 0.6 is 24.0 Å². The Morgan fingerprint density at radius 1 is 1.33 bits per heavy atom. The summed E-state index contributed by atoms with van der Waals surface area (Å²) in [6.45, 7) is 11.7. The molecule has 0 spiro atoms. The number of benzene rings is 1. The van der Waals surface area contributed by atoms with Crippen molar-refractivity contribution in [2.24, 2.45) is 16.6 Å². The van der Waals surface area contributed by atoms with Crippen LogP contribution in [0.1, 0.15) is 40.2 Å². The lowest BCUT2D eigenvalue weighted by Gasteiger charge is -2.21. The minimum Gasteiger partial charge on any atom is -0.493 e. The Balaban J connectivity index is 0.00000400. The molecule has 0 heterocycles. The van der Waals surface area contributed by atoms with E-state index < -0.39 is 0 Å². The average molecular weight is 405 g/mol. The number of nitrogens with two attached hydrogens (primary N) is 1. The fraction of sp³-hybridized carbons (Fsp3) is 0.562. The van der Waals surface area contributed by atoms with Gasteiger partial charge in [0.1, 0.15) is 5.75 Å². The van der Waals surface area contributed by atoms with Gasteiger partial charge in [0, 0.05) is 5.54 Å². The average Bonchev–Trinajstić information content (AvgIpc) is 2.32. The van der Waals surface area contributed by atoms with E-state index in [0.29, 0.717) is 18.4 Å². The van der Waals surface area contributed by atoms with Crippen molar-refractivity contribution in [2.45, 2.75) is 46.7 Å². The van der Waals surface area contributed by atoms with E-state index in [4.69, 9.17) is 10.5 Å². The first-order chi connectivity index (χ1) is 9.26. The summed E-state index contributed by atoms with van der Waals surface area (Å²) in [4.78, 5) is 4.34. The van der Waals surface area contributed by atoms with Gasteiger partial charge in [0.05, 0.1) is 13.2 Å². The Hall–Kier alpha value is -0.980. The van der Waals surface area contributed by atoms with Crippen LogP contribution in [0.2, 0.25) is 0 Å². The van der Waals surface area contributed by atoms with E-state index in [0.717, 1.165) is 17.9 Å². The number of nitrogens with zero attached hydrogens (tertiary/aromatic N) is 1. The van der Waals surface area contributed by atoms with Crippen LogP contribution in [0, 0.1) is 5.92 Å². The highest BCUT2D eigenvalue weighted by atomic mass is 127. The molecule has 120 valence electrons. The molecule has 3 N–H and O–H groups in total. The monoisotopic (exact) mass is 405 g/mol. The number of guanidine groups is 1. The third-order valence-corrected chi connectivity index (χ3v) is 2.42. The molecule has 0 unspecified atom stereocenters. The highest BCUT2D eigenvalue weighted by molar-refractivity contribution is 14.0. The largest absolute Gasteiger partial charge is 0.493 e. The van der Waals surface area contributed by atoms with Gasteiger partial charge in [-0.15, -0.1) is 24.0 Å². The molecule has 1 rings (SSSR count). The molecule has 21 heavy (non-hydrogen) atoms. The summed E-state index contributed by atoms with van der Waals surface area (Å²) in [5.74, 6) is 1.86. The zero-order chi connectivity index (χ0) is 15.2. The summed E-state index contributed by atoms with van der Waals surface area (Å²) < 4.78 is 5.70. The van der Waals surface area contributed by atoms with Crippen LogP contribution < -0.4 is 15.8 Å². The fourth-order valence-electron chi connectivity index (χ4n) is 1.60. The summed E-state index contributed by atoms with van der Waals surface area (Å²) in [6, 6.07) is 7.98. The molecule has 0 radical (unpaired) electrons. The van der Waals surface area contributed by atoms with Crippen LogP contribution in [0.15, 0.2) is 29.3 Å². The van der Waals surface area contributed by atoms with Crippen molar-refractivity contribution >= 4 is 29.9 Å². The standard InChI is InChI=1S/C16H27N3O.HI/c1-12(2)11-20-14-8-6-7-13(9-14)10-18-15(17)19-16(3,4)5;/h6-9,12H,10-11H2,1-5H3,(H3,17,18,19);1H. The summed E-state index contributed by atoms with van der Waals surface area (Å²) in [5, 5.41) is 3.14. The number of ether oxygens (including phenoxy) is 1. The molecule has 0 atom stereocenters. The van der Waals surface area contributed by atoms with Crippen molar-refractivity contribution in [1.29, 1.82) is 0 Å². The lowest BCUT2D eigenvalue weighted by atomic mass is 10.1. The molecule has 0 aliphatic rings. The molecule has 0 saturated heterocycles. The first-order valence-electron chi connectivity index (χ1n) is 7.06. The Kier molecular flexibility index (Phi) is 8.70. The van der Waals surface area contributed by atoms with Gasteiger partial charge in [-0.1, -0.05) is 26.0 Å². The zero-order valence-corrected chi connectivity index (χ0v) is 16.0. The molecule has 0 saturated carbocycles. The van der Waals surface area contributed by atoms with Crippen molar-refractivity contribution < 1.29 is 4.74 Å². The van der Waals surface area contributed by atoms with Crippen LogP contribution in [0.4, 0.5) is 0 Å². The van der Waals surface area contributed by atoms with E-state index >= 15 is 0 Å². The smallest absolute Gasteiger partial charge is 0.189 e. The number of aliphatic imine (C=N–C) groups is 1. The van der Waals surface area contributed by atoms with Gasteiger partial charge in [0.25, 0.3) is 0 Å². The first-order valence-corrected chi connectivity index (χ1v) is 7.06. The summed E-state index contributed by atoms with van der Waals surface area (Å²) in [6.07, 6.45) is 0. The predicted octanol–water partition coefficient (Wildman–Crippen LogP) is 3.54. The molecule has 0 aliphatic carbocycles. The quantitative estimate of drug-likeness (QED) is 0.448. The van der Waals surface area contributed by atoms with Crippen LogP contribution in [-0.4, -0.2) is 18.1 Å². The first kappa shape index (κ1) is 20.0. The molecule has 1 aromatic carbocycles. The van der Waals surface area contributed by atoms with Crippen molar-refractivity contribution in [2.75, 3.05) is 6.61 Å². The number of nitrogens with one attached hydrogen (secondary N) is 1. The van der Waals surface area contributed by atoms with Gasteiger partial charge < -0.3 is 15.8 Å². The van der Waals surface area contributed by atoms with Crippen LogP contribution in [0.25, 0.3) is 0 Å². The van der Waals surface area contributed by atoms with Gasteiger partial charge in [-0.25, -0.2) is 4.99 Å². The van der Waals surface area contributed by atoms with Crippen molar-refractivity contribution in [1.82, 2.24) is 5.32 Å². The second kappa shape index (κ2) is 9.12. The molecule has 1 aromatic rings. The molecule has 0 aromatic heterocycles. The Morgan fingerprint density at radius 2 is 2.00 bits per heavy atom. The SMILES string of the molecule is CC(C)COc1cccc(CN=C(N)NC(C)(C)C)c1.I. The molecular weight excluding hydrogens is 377 g/mol. The molecule has 5 heteroatoms. The van der Waals surface area contributed by atoms with E-state index in [1.807, 2.05) is 24.3 Å². The van der Waals surface area contributed by atoms with E-state index in [2.05, 4.69) is 44.9 Å². The maximum atomic E-state index is 5.85. The number of halogens is 1. The summed E-state index contributed by atoms with van der Waals surface area (Å²) in [7, 11) is 0. The third-order valence-electron chi connectivity index (χ3n) is 2.42. The van der Waals surface area contributed by atoms with E-state index in [1.165, 1.54) is 0 Å². The molecule has 4 nitrogen and oxygen atoms in total. The van der Waals surface area contributed by atoms with E-state index in [1.54, 1.807) is 0 Å². The Morgan fingerprint density at radius 3 is 2.57 bits per heavy atom. The lowest BCUT2D eigenvalue weighted by Crippen LogP contribution is -2.44. The topological polar surface area (TPSA) is 59.6 Å². The van der Waals surface area contributed by atoms with Gasteiger partial charge in [0.2, 0.25) is 0 Å². The highest BCUT2D eigenvalue weighted by Gasteiger charge is 2.09. The maximum Gasteiger partial charge on any atom is 0.189 e. The third kappa shape index (κ3) is 9.55. The van der Waals surface area contributed by atoms with E-state index in [-0.39, 0.29) is 29.5 Å². The van der Waals surface area contributed by atoms with Gasteiger partial charge in [-0.2, -0.15) is 0 Å². The molecule has 0 bridgehead atoms. The maximum absolute atomic E-state index is 5.85. The lowest BCUT2D eigenvalue weighted by molar-refractivity contribution is 0.271. The summed E-state index contributed by atoms with van der Waals surface area (Å²) >= 11 is 0. The van der Waals surface area contributed by atoms with Crippen molar-refractivity contribution in [3.8, 4) is 5.75 Å². The predicted molar refractivity (Wildman–Crippen MR) is 100 cm³/mol. The van der Waals surface area contributed by atoms with Gasteiger partial charge in [-0.05, 0) is 44.4 Å².